The molecule has 0 spiro atoms. The number of nitrogens with zero attached hydrogens (tertiary/aromatic N) is 4. The Kier molecular flexibility index (Phi) is 3.73. The zero-order valence-corrected chi connectivity index (χ0v) is 10.4. The molecule has 1 unspecified atom stereocenters. The van der Waals surface area contributed by atoms with Crippen molar-refractivity contribution >= 4 is 28.7 Å². The second kappa shape index (κ2) is 5.28. The van der Waals surface area contributed by atoms with Gasteiger partial charge in [0, 0.05) is 13.5 Å². The summed E-state index contributed by atoms with van der Waals surface area (Å²) in [6.07, 6.45) is 2.14. The number of imidazole rings is 1. The van der Waals surface area contributed by atoms with Crippen molar-refractivity contribution in [3.05, 3.63) is 17.8 Å². The van der Waals surface area contributed by atoms with Crippen LogP contribution in [0, 0.1) is 0 Å². The fraction of sp³-hybridized carbons (Fsp3) is 0.400. The average molecular weight is 270 g/mol. The Labute approximate surface area is 108 Å². The number of halogens is 1. The minimum atomic E-state index is -0.722. The fourth-order valence-corrected chi connectivity index (χ4v) is 1.72. The highest BCUT2D eigenvalue weighted by Crippen LogP contribution is 2.17. The van der Waals surface area contributed by atoms with Crippen LogP contribution in [0.15, 0.2) is 12.7 Å². The highest BCUT2D eigenvalue weighted by molar-refractivity contribution is 6.33. The number of hydrogen-bond donors (Lipinski definition) is 2. The zero-order valence-electron chi connectivity index (χ0n) is 9.67. The number of aliphatic hydroxyl groups is 1. The molecule has 7 nitrogen and oxygen atoms in total. The number of aromatic nitrogens is 4. The Morgan fingerprint density at radius 1 is 1.56 bits per heavy atom. The van der Waals surface area contributed by atoms with Gasteiger partial charge in [0.1, 0.15) is 11.8 Å². The molecule has 8 heteroatoms. The molecule has 1 atom stereocenters. The van der Waals surface area contributed by atoms with Crippen LogP contribution in [-0.2, 0) is 11.3 Å². The topological polar surface area (TPSA) is 92.9 Å². The third-order valence-corrected chi connectivity index (χ3v) is 2.63. The molecule has 1 amide bonds. The first kappa shape index (κ1) is 12.7. The number of amides is 1. The summed E-state index contributed by atoms with van der Waals surface area (Å²) >= 11 is 5.86. The predicted octanol–water partition coefficient (Wildman–Crippen LogP) is -0.0233. The van der Waals surface area contributed by atoms with Gasteiger partial charge in [-0.05, 0) is 0 Å². The molecule has 0 aromatic carbocycles. The molecular weight excluding hydrogens is 258 g/mol. The Balaban J connectivity index is 2.12. The standard InChI is InChI=1S/C10H12ClN5O2/c1-6(17)12-2-7(18)3-16-5-15-8-9(11)13-4-14-10(8)16/h4-5,7,18H,2-3H2,1H3,(H,12,17). The minimum Gasteiger partial charge on any atom is -0.389 e. The molecule has 96 valence electrons. The Morgan fingerprint density at radius 2 is 2.33 bits per heavy atom. The van der Waals surface area contributed by atoms with E-state index in [1.54, 1.807) is 4.57 Å². The highest BCUT2D eigenvalue weighted by Gasteiger charge is 2.12. The lowest BCUT2D eigenvalue weighted by Crippen LogP contribution is -2.32. The molecule has 0 radical (unpaired) electrons. The highest BCUT2D eigenvalue weighted by atomic mass is 35.5. The lowest BCUT2D eigenvalue weighted by molar-refractivity contribution is -0.119. The summed E-state index contributed by atoms with van der Waals surface area (Å²) < 4.78 is 1.66. The lowest BCUT2D eigenvalue weighted by atomic mass is 10.3. The predicted molar refractivity (Wildman–Crippen MR) is 65.0 cm³/mol. The van der Waals surface area contributed by atoms with Gasteiger partial charge in [0.15, 0.2) is 10.8 Å². The van der Waals surface area contributed by atoms with Crippen LogP contribution in [0.4, 0.5) is 0 Å². The summed E-state index contributed by atoms with van der Waals surface area (Å²) in [4.78, 5) is 22.7. The molecule has 2 aromatic rings. The van der Waals surface area contributed by atoms with E-state index < -0.39 is 6.10 Å². The molecule has 2 aromatic heterocycles. The van der Waals surface area contributed by atoms with E-state index >= 15 is 0 Å². The van der Waals surface area contributed by atoms with E-state index in [0.29, 0.717) is 11.2 Å². The van der Waals surface area contributed by atoms with E-state index in [9.17, 15) is 9.90 Å². The molecule has 0 aliphatic rings. The molecule has 2 rings (SSSR count). The monoisotopic (exact) mass is 269 g/mol. The van der Waals surface area contributed by atoms with Gasteiger partial charge in [-0.3, -0.25) is 4.79 Å². The van der Waals surface area contributed by atoms with Crippen LogP contribution in [0.3, 0.4) is 0 Å². The van der Waals surface area contributed by atoms with Gasteiger partial charge in [0.05, 0.1) is 19.0 Å². The molecule has 0 aliphatic heterocycles. The summed E-state index contributed by atoms with van der Waals surface area (Å²) in [6.45, 7) is 1.84. The van der Waals surface area contributed by atoms with Crippen molar-refractivity contribution in [1.82, 2.24) is 24.8 Å². The smallest absolute Gasteiger partial charge is 0.216 e. The normalized spacial score (nSPS) is 12.6. The molecule has 18 heavy (non-hydrogen) atoms. The van der Waals surface area contributed by atoms with E-state index in [0.717, 1.165) is 0 Å². The first-order chi connectivity index (χ1) is 8.58. The second-order valence-electron chi connectivity index (χ2n) is 3.82. The number of carbonyl (C=O) groups is 1. The summed E-state index contributed by atoms with van der Waals surface area (Å²) in [6, 6.07) is 0. The summed E-state index contributed by atoms with van der Waals surface area (Å²) in [7, 11) is 0. The number of aliphatic hydroxyl groups excluding tert-OH is 1. The van der Waals surface area contributed by atoms with Crippen LogP contribution in [0.25, 0.3) is 11.2 Å². The van der Waals surface area contributed by atoms with Crippen molar-refractivity contribution in [2.45, 2.75) is 19.6 Å². The van der Waals surface area contributed by atoms with E-state index in [1.807, 2.05) is 0 Å². The first-order valence-corrected chi connectivity index (χ1v) is 5.69. The molecule has 0 saturated carbocycles. The maximum Gasteiger partial charge on any atom is 0.216 e. The quantitative estimate of drug-likeness (QED) is 0.761. The van der Waals surface area contributed by atoms with Crippen LogP contribution in [-0.4, -0.2) is 43.2 Å². The molecule has 0 fully saturated rings. The van der Waals surface area contributed by atoms with E-state index in [1.165, 1.54) is 19.6 Å². The molecule has 2 heterocycles. The number of nitrogens with one attached hydrogen (secondary N) is 1. The first-order valence-electron chi connectivity index (χ1n) is 5.31. The van der Waals surface area contributed by atoms with Crippen molar-refractivity contribution in [3.63, 3.8) is 0 Å². The van der Waals surface area contributed by atoms with Crippen LogP contribution in [0.1, 0.15) is 6.92 Å². The van der Waals surface area contributed by atoms with Crippen LogP contribution < -0.4 is 5.32 Å². The van der Waals surface area contributed by atoms with Gasteiger partial charge in [-0.1, -0.05) is 11.6 Å². The summed E-state index contributed by atoms with van der Waals surface area (Å²) in [5, 5.41) is 12.6. The lowest BCUT2D eigenvalue weighted by Gasteiger charge is -2.11. The largest absolute Gasteiger partial charge is 0.389 e. The SMILES string of the molecule is CC(=O)NCC(O)Cn1cnc2c(Cl)ncnc21. The average Bonchev–Trinajstić information content (AvgIpc) is 2.72. The van der Waals surface area contributed by atoms with E-state index in [4.69, 9.17) is 11.6 Å². The number of carbonyl (C=O) groups excluding carboxylic acids is 1. The minimum absolute atomic E-state index is 0.174. The van der Waals surface area contributed by atoms with E-state index in [2.05, 4.69) is 20.3 Å². The van der Waals surface area contributed by atoms with Crippen LogP contribution in [0.2, 0.25) is 5.15 Å². The molecule has 0 saturated heterocycles. The molecule has 0 aliphatic carbocycles. The molecule has 2 N–H and O–H groups in total. The third-order valence-electron chi connectivity index (χ3n) is 2.35. The third kappa shape index (κ3) is 2.74. The van der Waals surface area contributed by atoms with Gasteiger partial charge in [-0.25, -0.2) is 15.0 Å². The summed E-state index contributed by atoms with van der Waals surface area (Å²) in [5.74, 6) is -0.185. The Morgan fingerprint density at radius 3 is 3.06 bits per heavy atom. The van der Waals surface area contributed by atoms with Gasteiger partial charge in [0.25, 0.3) is 0 Å². The van der Waals surface area contributed by atoms with Crippen LogP contribution >= 0.6 is 11.6 Å². The van der Waals surface area contributed by atoms with Gasteiger partial charge >= 0.3 is 0 Å². The van der Waals surface area contributed by atoms with Crippen LogP contribution in [0.5, 0.6) is 0 Å². The maximum atomic E-state index is 10.7. The Hall–Kier alpha value is -1.73. The second-order valence-corrected chi connectivity index (χ2v) is 4.18. The summed E-state index contributed by atoms with van der Waals surface area (Å²) in [5.41, 5.74) is 1.04. The van der Waals surface area contributed by atoms with Crippen molar-refractivity contribution in [3.8, 4) is 0 Å². The van der Waals surface area contributed by atoms with Crippen molar-refractivity contribution in [2.24, 2.45) is 0 Å². The zero-order chi connectivity index (χ0) is 13.1. The van der Waals surface area contributed by atoms with Crippen molar-refractivity contribution < 1.29 is 9.90 Å². The van der Waals surface area contributed by atoms with Gasteiger partial charge in [0.2, 0.25) is 5.91 Å². The van der Waals surface area contributed by atoms with Gasteiger partial charge in [-0.15, -0.1) is 0 Å². The fourth-order valence-electron chi connectivity index (χ4n) is 1.54. The molecular formula is C10H12ClN5O2. The van der Waals surface area contributed by atoms with Crippen molar-refractivity contribution in [2.75, 3.05) is 6.54 Å². The number of hydrogen-bond acceptors (Lipinski definition) is 5. The van der Waals surface area contributed by atoms with Crippen molar-refractivity contribution in [1.29, 1.82) is 0 Å². The maximum absolute atomic E-state index is 10.7. The molecule has 0 bridgehead atoms. The van der Waals surface area contributed by atoms with Gasteiger partial charge in [-0.2, -0.15) is 0 Å². The number of fused-ring (bicyclic) bond motifs is 1. The van der Waals surface area contributed by atoms with E-state index in [-0.39, 0.29) is 24.1 Å². The Bertz CT molecular complexity index is 570. The number of rotatable bonds is 4. The van der Waals surface area contributed by atoms with Gasteiger partial charge < -0.3 is 15.0 Å².